The lowest BCUT2D eigenvalue weighted by Gasteiger charge is -2.05. The Morgan fingerprint density at radius 1 is 1.33 bits per heavy atom. The molecule has 1 heterocycles. The van der Waals surface area contributed by atoms with Gasteiger partial charge in [-0.15, -0.1) is 0 Å². The molecule has 1 aromatic carbocycles. The number of carbonyl (C=O) groups excluding carboxylic acids is 1. The fourth-order valence-electron chi connectivity index (χ4n) is 1.33. The van der Waals surface area contributed by atoms with Crippen molar-refractivity contribution in [3.63, 3.8) is 0 Å². The van der Waals surface area contributed by atoms with E-state index >= 15 is 0 Å². The first-order valence-corrected chi connectivity index (χ1v) is 5.43. The first kappa shape index (κ1) is 12.3. The number of nitrogens with one attached hydrogen (secondary N) is 1. The number of benzene rings is 1. The zero-order chi connectivity index (χ0) is 13.1. The molecular weight excluding hydrogens is 257 g/mol. The van der Waals surface area contributed by atoms with Gasteiger partial charge in [-0.3, -0.25) is 4.79 Å². The number of hydrogen-bond donors (Lipinski definition) is 2. The van der Waals surface area contributed by atoms with Crippen LogP contribution in [-0.4, -0.2) is 10.9 Å². The summed E-state index contributed by atoms with van der Waals surface area (Å²) in [5.74, 6) is -0.824. The third-order valence-corrected chi connectivity index (χ3v) is 2.43. The summed E-state index contributed by atoms with van der Waals surface area (Å²) in [4.78, 5) is 15.7. The molecule has 1 aromatic heterocycles. The van der Waals surface area contributed by atoms with Crippen molar-refractivity contribution in [2.45, 2.75) is 0 Å². The van der Waals surface area contributed by atoms with Crippen molar-refractivity contribution in [1.82, 2.24) is 4.98 Å². The van der Waals surface area contributed by atoms with Crippen molar-refractivity contribution >= 4 is 29.0 Å². The molecule has 1 amide bonds. The predicted octanol–water partition coefficient (Wildman–Crippen LogP) is 2.71. The van der Waals surface area contributed by atoms with Gasteiger partial charge >= 0.3 is 0 Å². The van der Waals surface area contributed by atoms with Gasteiger partial charge in [0.2, 0.25) is 0 Å². The molecule has 3 N–H and O–H groups in total. The Balaban J connectivity index is 2.19. The van der Waals surface area contributed by atoms with Crippen molar-refractivity contribution in [3.05, 3.63) is 52.9 Å². The van der Waals surface area contributed by atoms with Crippen LogP contribution in [-0.2, 0) is 0 Å². The first-order valence-electron chi connectivity index (χ1n) is 5.05. The molecule has 0 aliphatic carbocycles. The van der Waals surface area contributed by atoms with Gasteiger partial charge in [0.15, 0.2) is 0 Å². The van der Waals surface area contributed by atoms with Gasteiger partial charge in [0, 0.05) is 5.56 Å². The number of rotatable bonds is 2. The maximum atomic E-state index is 13.2. The lowest BCUT2D eigenvalue weighted by molar-refractivity contribution is 0.102. The third kappa shape index (κ3) is 2.75. The number of pyridine rings is 1. The molecule has 0 radical (unpaired) electrons. The number of halogens is 2. The summed E-state index contributed by atoms with van der Waals surface area (Å²) in [6.07, 6.45) is 0. The minimum absolute atomic E-state index is 0.00701. The maximum Gasteiger partial charge on any atom is 0.256 e. The van der Waals surface area contributed by atoms with Gasteiger partial charge < -0.3 is 11.1 Å². The highest BCUT2D eigenvalue weighted by molar-refractivity contribution is 6.29. The monoisotopic (exact) mass is 265 g/mol. The summed E-state index contributed by atoms with van der Waals surface area (Å²) in [6.45, 7) is 0. The number of amides is 1. The van der Waals surface area contributed by atoms with E-state index in [1.165, 1.54) is 12.1 Å². The van der Waals surface area contributed by atoms with Crippen LogP contribution in [0.5, 0.6) is 0 Å². The van der Waals surface area contributed by atoms with Crippen LogP contribution < -0.4 is 11.1 Å². The fourth-order valence-corrected chi connectivity index (χ4v) is 1.50. The van der Waals surface area contributed by atoms with Crippen LogP contribution in [0.25, 0.3) is 0 Å². The predicted molar refractivity (Wildman–Crippen MR) is 68.0 cm³/mol. The number of aromatic nitrogens is 1. The quantitative estimate of drug-likeness (QED) is 0.648. The number of anilines is 2. The highest BCUT2D eigenvalue weighted by Crippen LogP contribution is 2.14. The smallest absolute Gasteiger partial charge is 0.256 e. The van der Waals surface area contributed by atoms with E-state index in [0.717, 1.165) is 6.07 Å². The second-order valence-corrected chi connectivity index (χ2v) is 3.92. The molecule has 92 valence electrons. The zero-order valence-electron chi connectivity index (χ0n) is 9.15. The normalized spacial score (nSPS) is 10.1. The summed E-state index contributed by atoms with van der Waals surface area (Å²) in [6, 6.07) is 8.63. The van der Waals surface area contributed by atoms with Crippen molar-refractivity contribution in [2.24, 2.45) is 0 Å². The summed E-state index contributed by atoms with van der Waals surface area (Å²) in [7, 11) is 0. The van der Waals surface area contributed by atoms with E-state index in [1.807, 2.05) is 0 Å². The number of nitrogen functional groups attached to an aromatic ring is 1. The molecule has 2 rings (SSSR count). The second kappa shape index (κ2) is 5.01. The molecule has 6 heteroatoms. The number of nitrogens with zero attached hydrogens (tertiary/aromatic N) is 1. The van der Waals surface area contributed by atoms with Gasteiger partial charge in [-0.05, 0) is 30.3 Å². The van der Waals surface area contributed by atoms with E-state index in [0.29, 0.717) is 5.82 Å². The summed E-state index contributed by atoms with van der Waals surface area (Å²) in [5, 5.41) is 2.76. The molecule has 0 aliphatic rings. The number of nitrogens with two attached hydrogens (primary N) is 1. The van der Waals surface area contributed by atoms with Crippen molar-refractivity contribution < 1.29 is 9.18 Å². The molecule has 0 bridgehead atoms. The lowest BCUT2D eigenvalue weighted by Crippen LogP contribution is -2.13. The Hall–Kier alpha value is -2.14. The summed E-state index contributed by atoms with van der Waals surface area (Å²) in [5.41, 5.74) is 5.47. The summed E-state index contributed by atoms with van der Waals surface area (Å²) < 4.78 is 13.2. The minimum atomic E-state index is -0.637. The van der Waals surface area contributed by atoms with Crippen LogP contribution in [0.4, 0.5) is 15.9 Å². The van der Waals surface area contributed by atoms with E-state index in [-0.39, 0.29) is 16.4 Å². The maximum absolute atomic E-state index is 13.2. The standard InChI is InChI=1S/C12H9ClFN3O/c13-10-2-1-3-11(16-10)17-12(18)7-4-5-9(15)8(14)6-7/h1-6H,15H2,(H,16,17,18). The van der Waals surface area contributed by atoms with E-state index in [4.69, 9.17) is 17.3 Å². The van der Waals surface area contributed by atoms with Gasteiger partial charge in [0.05, 0.1) is 5.69 Å². The molecule has 0 aliphatic heterocycles. The van der Waals surface area contributed by atoms with Crippen LogP contribution in [0.1, 0.15) is 10.4 Å². The van der Waals surface area contributed by atoms with Gasteiger partial charge in [-0.25, -0.2) is 9.37 Å². The second-order valence-electron chi connectivity index (χ2n) is 3.54. The van der Waals surface area contributed by atoms with E-state index < -0.39 is 11.7 Å². The lowest BCUT2D eigenvalue weighted by atomic mass is 10.2. The molecule has 0 fully saturated rings. The molecule has 0 atom stereocenters. The average molecular weight is 266 g/mol. The highest BCUT2D eigenvalue weighted by Gasteiger charge is 2.09. The Bertz CT molecular complexity index is 604. The SMILES string of the molecule is Nc1ccc(C(=O)Nc2cccc(Cl)n2)cc1F. The average Bonchev–Trinajstić information content (AvgIpc) is 2.32. The summed E-state index contributed by atoms with van der Waals surface area (Å²) >= 11 is 5.68. The van der Waals surface area contributed by atoms with Gasteiger partial charge in [-0.2, -0.15) is 0 Å². The van der Waals surface area contributed by atoms with Crippen LogP contribution in [0, 0.1) is 5.82 Å². The Labute approximate surface area is 108 Å². The van der Waals surface area contributed by atoms with E-state index in [1.54, 1.807) is 18.2 Å². The van der Waals surface area contributed by atoms with Gasteiger partial charge in [-0.1, -0.05) is 17.7 Å². The first-order chi connectivity index (χ1) is 8.56. The van der Waals surface area contributed by atoms with Crippen molar-refractivity contribution in [2.75, 3.05) is 11.1 Å². The van der Waals surface area contributed by atoms with Crippen LogP contribution in [0.2, 0.25) is 5.15 Å². The van der Waals surface area contributed by atoms with Gasteiger partial charge in [0.1, 0.15) is 16.8 Å². The Morgan fingerprint density at radius 2 is 2.11 bits per heavy atom. The zero-order valence-corrected chi connectivity index (χ0v) is 9.91. The van der Waals surface area contributed by atoms with E-state index in [9.17, 15) is 9.18 Å². The fraction of sp³-hybridized carbons (Fsp3) is 0. The number of hydrogen-bond acceptors (Lipinski definition) is 3. The third-order valence-electron chi connectivity index (χ3n) is 2.22. The van der Waals surface area contributed by atoms with E-state index in [2.05, 4.69) is 10.3 Å². The molecule has 2 aromatic rings. The Kier molecular flexibility index (Phi) is 3.43. The largest absolute Gasteiger partial charge is 0.396 e. The molecule has 0 spiro atoms. The molecule has 18 heavy (non-hydrogen) atoms. The van der Waals surface area contributed by atoms with Gasteiger partial charge in [0.25, 0.3) is 5.91 Å². The number of carbonyl (C=O) groups is 1. The highest BCUT2D eigenvalue weighted by atomic mass is 35.5. The van der Waals surface area contributed by atoms with Crippen LogP contribution in [0.3, 0.4) is 0 Å². The van der Waals surface area contributed by atoms with Crippen LogP contribution in [0.15, 0.2) is 36.4 Å². The molecule has 0 saturated carbocycles. The van der Waals surface area contributed by atoms with Crippen LogP contribution >= 0.6 is 11.6 Å². The van der Waals surface area contributed by atoms with Crippen molar-refractivity contribution in [3.8, 4) is 0 Å². The molecule has 0 saturated heterocycles. The molecule has 0 unspecified atom stereocenters. The molecule has 4 nitrogen and oxygen atoms in total. The minimum Gasteiger partial charge on any atom is -0.396 e. The topological polar surface area (TPSA) is 68.0 Å². The Morgan fingerprint density at radius 3 is 2.78 bits per heavy atom. The molecular formula is C12H9ClFN3O. The van der Waals surface area contributed by atoms with Crippen molar-refractivity contribution in [1.29, 1.82) is 0 Å².